The zero-order valence-electron chi connectivity index (χ0n) is 13.4. The van der Waals surface area contributed by atoms with Crippen molar-refractivity contribution in [3.63, 3.8) is 0 Å². The van der Waals surface area contributed by atoms with E-state index in [-0.39, 0.29) is 18.1 Å². The Morgan fingerprint density at radius 3 is 2.58 bits per heavy atom. The summed E-state index contributed by atoms with van der Waals surface area (Å²) < 4.78 is 23.6. The Morgan fingerprint density at radius 1 is 1.12 bits per heavy atom. The third-order valence-corrected chi connectivity index (χ3v) is 3.63. The summed E-state index contributed by atoms with van der Waals surface area (Å²) in [7, 11) is 1.31. The number of ether oxygens (including phenoxy) is 2. The van der Waals surface area contributed by atoms with Crippen LogP contribution in [0.25, 0.3) is 10.9 Å². The normalized spacial score (nSPS) is 10.6. The van der Waals surface area contributed by atoms with Gasteiger partial charge in [0, 0.05) is 11.5 Å². The molecule has 1 heterocycles. The first kappa shape index (κ1) is 15.9. The monoisotopic (exact) mass is 325 g/mol. The number of hydrogen-bond acceptors (Lipinski definition) is 4. The Balaban J connectivity index is 1.98. The largest absolute Gasteiger partial charge is 0.488 e. The van der Waals surface area contributed by atoms with Gasteiger partial charge in [0.05, 0.1) is 12.6 Å². The maximum absolute atomic E-state index is 13.0. The Morgan fingerprint density at radius 2 is 1.88 bits per heavy atom. The molecule has 24 heavy (non-hydrogen) atoms. The molecule has 1 aromatic heterocycles. The Kier molecular flexibility index (Phi) is 4.42. The van der Waals surface area contributed by atoms with E-state index in [2.05, 4.69) is 4.98 Å². The molecule has 2 aromatic carbocycles. The molecule has 0 atom stereocenters. The molecular weight excluding hydrogens is 309 g/mol. The molecular formula is C19H16FNO3. The van der Waals surface area contributed by atoms with Crippen molar-refractivity contribution >= 4 is 16.9 Å². The summed E-state index contributed by atoms with van der Waals surface area (Å²) in [5.41, 5.74) is 2.72. The maximum atomic E-state index is 13.0. The summed E-state index contributed by atoms with van der Waals surface area (Å²) in [4.78, 5) is 16.1. The Labute approximate surface area is 138 Å². The lowest BCUT2D eigenvalue weighted by atomic mass is 10.1. The molecule has 0 aliphatic rings. The molecule has 5 heteroatoms. The Bertz CT molecular complexity index is 891. The molecule has 0 bridgehead atoms. The van der Waals surface area contributed by atoms with Gasteiger partial charge < -0.3 is 9.47 Å². The van der Waals surface area contributed by atoms with E-state index in [1.54, 1.807) is 18.2 Å². The predicted octanol–water partition coefficient (Wildman–Crippen LogP) is 4.05. The van der Waals surface area contributed by atoms with Crippen LogP contribution in [0.4, 0.5) is 4.39 Å². The minimum absolute atomic E-state index is 0.183. The number of esters is 1. The van der Waals surface area contributed by atoms with Crippen molar-refractivity contribution in [3.8, 4) is 5.75 Å². The van der Waals surface area contributed by atoms with Crippen LogP contribution in [0, 0.1) is 12.7 Å². The van der Waals surface area contributed by atoms with Crippen LogP contribution in [-0.4, -0.2) is 18.1 Å². The number of aryl methyl sites for hydroxylation is 1. The van der Waals surface area contributed by atoms with Crippen molar-refractivity contribution in [1.29, 1.82) is 0 Å². The quantitative estimate of drug-likeness (QED) is 0.679. The number of carbonyl (C=O) groups excluding carboxylic acids is 1. The molecule has 0 saturated heterocycles. The number of halogens is 1. The highest BCUT2D eigenvalue weighted by Gasteiger charge is 2.13. The molecule has 0 radical (unpaired) electrons. The third-order valence-electron chi connectivity index (χ3n) is 3.63. The molecule has 0 amide bonds. The number of nitrogens with zero attached hydrogens (tertiary/aromatic N) is 1. The van der Waals surface area contributed by atoms with Gasteiger partial charge in [0.15, 0.2) is 5.69 Å². The van der Waals surface area contributed by atoms with Gasteiger partial charge >= 0.3 is 5.97 Å². The molecule has 3 aromatic rings. The average Bonchev–Trinajstić information content (AvgIpc) is 2.60. The highest BCUT2D eigenvalue weighted by atomic mass is 19.1. The molecule has 0 N–H and O–H groups in total. The van der Waals surface area contributed by atoms with Gasteiger partial charge in [0.2, 0.25) is 0 Å². The molecule has 0 unspecified atom stereocenters. The predicted molar refractivity (Wildman–Crippen MR) is 88.6 cm³/mol. The smallest absolute Gasteiger partial charge is 0.356 e. The van der Waals surface area contributed by atoms with Crippen molar-refractivity contribution in [2.24, 2.45) is 0 Å². The van der Waals surface area contributed by atoms with Crippen molar-refractivity contribution in [2.45, 2.75) is 13.5 Å². The number of pyridine rings is 1. The fraction of sp³-hybridized carbons (Fsp3) is 0.158. The summed E-state index contributed by atoms with van der Waals surface area (Å²) in [6, 6.07) is 13.3. The average molecular weight is 325 g/mol. The maximum Gasteiger partial charge on any atom is 0.356 e. The second-order valence-electron chi connectivity index (χ2n) is 5.43. The summed E-state index contributed by atoms with van der Waals surface area (Å²) in [5, 5.41) is 0.810. The van der Waals surface area contributed by atoms with E-state index in [1.165, 1.54) is 19.2 Å². The van der Waals surface area contributed by atoms with Crippen LogP contribution < -0.4 is 4.74 Å². The van der Waals surface area contributed by atoms with Crippen LogP contribution in [0.15, 0.2) is 48.5 Å². The number of fused-ring (bicyclic) bond motifs is 1. The number of benzene rings is 2. The number of methoxy groups -OCH3 is 1. The van der Waals surface area contributed by atoms with Crippen molar-refractivity contribution in [3.05, 3.63) is 71.2 Å². The summed E-state index contributed by atoms with van der Waals surface area (Å²) in [5.74, 6) is -0.283. The standard InChI is InChI=1S/C19H16FNO3/c1-12-3-8-16-15(9-12)18(10-17(21-16)19(22)23-2)24-11-13-4-6-14(20)7-5-13/h3-10H,11H2,1-2H3. The first-order chi connectivity index (χ1) is 11.6. The first-order valence-corrected chi connectivity index (χ1v) is 7.44. The topological polar surface area (TPSA) is 48.4 Å². The second-order valence-corrected chi connectivity index (χ2v) is 5.43. The van der Waals surface area contributed by atoms with E-state index in [0.717, 1.165) is 16.5 Å². The SMILES string of the molecule is COC(=O)c1cc(OCc2ccc(F)cc2)c2cc(C)ccc2n1. The molecule has 0 aliphatic heterocycles. The van der Waals surface area contributed by atoms with Crippen LogP contribution in [-0.2, 0) is 11.3 Å². The number of rotatable bonds is 4. The van der Waals surface area contributed by atoms with Crippen LogP contribution in [0.1, 0.15) is 21.6 Å². The molecule has 122 valence electrons. The zero-order valence-corrected chi connectivity index (χ0v) is 13.4. The zero-order chi connectivity index (χ0) is 17.1. The van der Waals surface area contributed by atoms with Gasteiger partial charge in [-0.05, 0) is 36.8 Å². The summed E-state index contributed by atoms with van der Waals surface area (Å²) in [6.45, 7) is 2.23. The van der Waals surface area contributed by atoms with Crippen LogP contribution in [0.3, 0.4) is 0 Å². The molecule has 0 saturated carbocycles. The first-order valence-electron chi connectivity index (χ1n) is 7.44. The van der Waals surface area contributed by atoms with Crippen molar-refractivity contribution in [2.75, 3.05) is 7.11 Å². The van der Waals surface area contributed by atoms with Gasteiger partial charge in [-0.15, -0.1) is 0 Å². The second kappa shape index (κ2) is 6.66. The highest BCUT2D eigenvalue weighted by Crippen LogP contribution is 2.27. The van der Waals surface area contributed by atoms with Crippen LogP contribution in [0.2, 0.25) is 0 Å². The van der Waals surface area contributed by atoms with E-state index >= 15 is 0 Å². The van der Waals surface area contributed by atoms with Crippen molar-refractivity contribution in [1.82, 2.24) is 4.98 Å². The summed E-state index contributed by atoms with van der Waals surface area (Å²) in [6.07, 6.45) is 0. The van der Waals surface area contributed by atoms with Gasteiger partial charge in [-0.3, -0.25) is 0 Å². The lowest BCUT2D eigenvalue weighted by molar-refractivity contribution is 0.0594. The van der Waals surface area contributed by atoms with E-state index < -0.39 is 5.97 Å². The number of carbonyl (C=O) groups is 1. The van der Waals surface area contributed by atoms with Crippen LogP contribution >= 0.6 is 0 Å². The van der Waals surface area contributed by atoms with Gasteiger partial charge in [0.25, 0.3) is 0 Å². The number of aromatic nitrogens is 1. The fourth-order valence-corrected chi connectivity index (χ4v) is 2.38. The third kappa shape index (κ3) is 3.35. The highest BCUT2D eigenvalue weighted by molar-refractivity contribution is 5.94. The lowest BCUT2D eigenvalue weighted by Crippen LogP contribution is -2.06. The van der Waals surface area contributed by atoms with Gasteiger partial charge in [-0.25, -0.2) is 14.2 Å². The molecule has 0 spiro atoms. The Hall–Kier alpha value is -2.95. The van der Waals surface area contributed by atoms with E-state index in [0.29, 0.717) is 11.3 Å². The molecule has 4 nitrogen and oxygen atoms in total. The van der Waals surface area contributed by atoms with E-state index in [1.807, 2.05) is 25.1 Å². The lowest BCUT2D eigenvalue weighted by Gasteiger charge is -2.11. The minimum atomic E-state index is -0.524. The van der Waals surface area contributed by atoms with Crippen LogP contribution in [0.5, 0.6) is 5.75 Å². The van der Waals surface area contributed by atoms with E-state index in [9.17, 15) is 9.18 Å². The molecule has 0 fully saturated rings. The van der Waals surface area contributed by atoms with Gasteiger partial charge in [-0.2, -0.15) is 0 Å². The molecule has 3 rings (SSSR count). The van der Waals surface area contributed by atoms with E-state index in [4.69, 9.17) is 9.47 Å². The number of hydrogen-bond donors (Lipinski definition) is 0. The van der Waals surface area contributed by atoms with Gasteiger partial charge in [0.1, 0.15) is 18.2 Å². The van der Waals surface area contributed by atoms with Crippen molar-refractivity contribution < 1.29 is 18.7 Å². The summed E-state index contributed by atoms with van der Waals surface area (Å²) >= 11 is 0. The fourth-order valence-electron chi connectivity index (χ4n) is 2.38. The molecule has 0 aliphatic carbocycles. The van der Waals surface area contributed by atoms with Gasteiger partial charge in [-0.1, -0.05) is 23.8 Å². The minimum Gasteiger partial charge on any atom is -0.488 e.